The number of barbiturate groups is 1. The molecule has 36 heavy (non-hydrogen) atoms. The summed E-state index contributed by atoms with van der Waals surface area (Å²) in [6.45, 7) is 4.60. The molecule has 2 aliphatic heterocycles. The Hall–Kier alpha value is -3.95. The van der Waals surface area contributed by atoms with E-state index in [2.05, 4.69) is 5.32 Å². The molecule has 1 fully saturated rings. The number of carbonyl (C=O) groups is 3. The van der Waals surface area contributed by atoms with Gasteiger partial charge in [-0.05, 0) is 48.7 Å². The van der Waals surface area contributed by atoms with Crippen molar-refractivity contribution in [3.63, 3.8) is 0 Å². The molecule has 0 bridgehead atoms. The van der Waals surface area contributed by atoms with Gasteiger partial charge in [-0.1, -0.05) is 26.7 Å². The summed E-state index contributed by atoms with van der Waals surface area (Å²) in [6, 6.07) is 9.70. The van der Waals surface area contributed by atoms with Crippen LogP contribution in [0.3, 0.4) is 0 Å². The minimum Gasteiger partial charge on any atom is -0.497 e. The van der Waals surface area contributed by atoms with Gasteiger partial charge >= 0.3 is 6.03 Å². The highest BCUT2D eigenvalue weighted by Gasteiger charge is 2.62. The lowest BCUT2D eigenvalue weighted by Gasteiger charge is -2.52. The molecule has 2 aromatic rings. The molecular weight excluding hydrogens is 464 g/mol. The first-order valence-corrected chi connectivity index (χ1v) is 12.2. The Balaban J connectivity index is 1.89. The van der Waals surface area contributed by atoms with Crippen LogP contribution in [0.2, 0.25) is 0 Å². The maximum atomic E-state index is 14.3. The standard InChI is InChI=1S/C26H30N4O6/c1-4-6-14-28-21-13-10-19(30(34)35)15-17(21)16-26(22(28)7-5-2)23(31)27-25(33)29(24(26)32)18-8-11-20(36-3)12-9-18/h8-13,15,22H,4-7,14,16H2,1-3H3,(H,27,31,33)/t22-,26-/m0/s1. The molecule has 1 spiro atoms. The van der Waals surface area contributed by atoms with Crippen LogP contribution in [0.1, 0.15) is 45.1 Å². The van der Waals surface area contributed by atoms with E-state index in [1.165, 1.54) is 19.2 Å². The topological polar surface area (TPSA) is 122 Å². The minimum atomic E-state index is -1.63. The van der Waals surface area contributed by atoms with Crippen LogP contribution < -0.4 is 19.9 Å². The molecule has 0 unspecified atom stereocenters. The molecule has 2 atom stereocenters. The molecule has 1 saturated heterocycles. The summed E-state index contributed by atoms with van der Waals surface area (Å²) in [7, 11) is 1.51. The average Bonchev–Trinajstić information content (AvgIpc) is 2.87. The number of hydrogen-bond donors (Lipinski definition) is 1. The summed E-state index contributed by atoms with van der Waals surface area (Å²) in [5, 5.41) is 13.9. The summed E-state index contributed by atoms with van der Waals surface area (Å²) in [5.41, 5.74) is -0.1000. The van der Waals surface area contributed by atoms with Crippen molar-refractivity contribution >= 4 is 34.9 Å². The number of fused-ring (bicyclic) bond motifs is 1. The van der Waals surface area contributed by atoms with Crippen molar-refractivity contribution in [1.82, 2.24) is 5.32 Å². The Bertz CT molecular complexity index is 1200. The normalized spacial score (nSPS) is 21.4. The third-order valence-electron chi connectivity index (χ3n) is 7.06. The number of benzene rings is 2. The number of hydrogen-bond acceptors (Lipinski definition) is 7. The molecule has 0 radical (unpaired) electrons. The Kier molecular flexibility index (Phi) is 6.96. The molecule has 4 rings (SSSR count). The fourth-order valence-corrected chi connectivity index (χ4v) is 5.31. The van der Waals surface area contributed by atoms with E-state index in [0.29, 0.717) is 36.4 Å². The van der Waals surface area contributed by atoms with Crippen molar-refractivity contribution in [2.45, 2.75) is 52.0 Å². The number of imide groups is 2. The molecule has 0 aromatic heterocycles. The second-order valence-corrected chi connectivity index (χ2v) is 9.17. The number of rotatable bonds is 8. The Labute approximate surface area is 209 Å². The summed E-state index contributed by atoms with van der Waals surface area (Å²) in [4.78, 5) is 54.9. The van der Waals surface area contributed by atoms with Gasteiger partial charge < -0.3 is 9.64 Å². The van der Waals surface area contributed by atoms with Crippen LogP contribution in [0.5, 0.6) is 5.75 Å². The molecule has 2 aliphatic rings. The van der Waals surface area contributed by atoms with Crippen LogP contribution in [0.4, 0.5) is 21.9 Å². The Morgan fingerprint density at radius 1 is 1.11 bits per heavy atom. The van der Waals surface area contributed by atoms with Gasteiger partial charge in [0.2, 0.25) is 5.91 Å². The lowest BCUT2D eigenvalue weighted by atomic mass is 9.67. The number of carbonyl (C=O) groups excluding carboxylic acids is 3. The predicted molar refractivity (Wildman–Crippen MR) is 134 cm³/mol. The summed E-state index contributed by atoms with van der Waals surface area (Å²) in [6.07, 6.45) is 2.89. The Morgan fingerprint density at radius 2 is 1.83 bits per heavy atom. The van der Waals surface area contributed by atoms with Crippen molar-refractivity contribution in [3.05, 3.63) is 58.1 Å². The van der Waals surface area contributed by atoms with Crippen LogP contribution in [0, 0.1) is 15.5 Å². The SMILES string of the molecule is CCCCN1c2ccc([N+](=O)[O-])cc2C[C@@]2(C(=O)NC(=O)N(c3ccc(OC)cc3)C2=O)[C@@H]1CCC. The second-order valence-electron chi connectivity index (χ2n) is 9.17. The van der Waals surface area contributed by atoms with Gasteiger partial charge in [0.05, 0.1) is 23.8 Å². The molecule has 10 heteroatoms. The molecule has 0 saturated carbocycles. The second kappa shape index (κ2) is 9.96. The highest BCUT2D eigenvalue weighted by Crippen LogP contribution is 2.47. The van der Waals surface area contributed by atoms with E-state index in [9.17, 15) is 24.5 Å². The third kappa shape index (κ3) is 4.06. The number of urea groups is 1. The number of unbranched alkanes of at least 4 members (excludes halogenated alkanes) is 1. The minimum absolute atomic E-state index is 0.0398. The molecule has 10 nitrogen and oxygen atoms in total. The van der Waals surface area contributed by atoms with E-state index < -0.39 is 34.2 Å². The monoisotopic (exact) mass is 494 g/mol. The number of nitrogens with zero attached hydrogens (tertiary/aromatic N) is 3. The Morgan fingerprint density at radius 3 is 2.44 bits per heavy atom. The quantitative estimate of drug-likeness (QED) is 0.331. The highest BCUT2D eigenvalue weighted by molar-refractivity contribution is 6.30. The van der Waals surface area contributed by atoms with Crippen LogP contribution in [0.25, 0.3) is 0 Å². The summed E-state index contributed by atoms with van der Waals surface area (Å²) in [5.74, 6) is -0.735. The molecule has 4 amide bonds. The maximum absolute atomic E-state index is 14.3. The van der Waals surface area contributed by atoms with Crippen LogP contribution in [-0.2, 0) is 16.0 Å². The van der Waals surface area contributed by atoms with Gasteiger partial charge in [0, 0.05) is 30.8 Å². The lowest BCUT2D eigenvalue weighted by molar-refractivity contribution is -0.384. The van der Waals surface area contributed by atoms with E-state index in [1.54, 1.807) is 30.3 Å². The van der Waals surface area contributed by atoms with Gasteiger partial charge in [-0.15, -0.1) is 0 Å². The summed E-state index contributed by atoms with van der Waals surface area (Å²) < 4.78 is 5.19. The smallest absolute Gasteiger partial charge is 0.335 e. The van der Waals surface area contributed by atoms with E-state index in [0.717, 1.165) is 23.4 Å². The largest absolute Gasteiger partial charge is 0.497 e. The number of nitro benzene ring substituents is 1. The van der Waals surface area contributed by atoms with Gasteiger partial charge in [-0.25, -0.2) is 9.69 Å². The molecule has 2 aromatic carbocycles. The van der Waals surface area contributed by atoms with E-state index in [4.69, 9.17) is 4.74 Å². The number of anilines is 2. The first kappa shape index (κ1) is 25.2. The van der Waals surface area contributed by atoms with Crippen molar-refractivity contribution in [1.29, 1.82) is 0 Å². The van der Waals surface area contributed by atoms with E-state index >= 15 is 0 Å². The predicted octanol–water partition coefficient (Wildman–Crippen LogP) is 4.20. The first-order chi connectivity index (χ1) is 17.3. The third-order valence-corrected chi connectivity index (χ3v) is 7.06. The molecule has 2 heterocycles. The average molecular weight is 495 g/mol. The van der Waals surface area contributed by atoms with Gasteiger partial charge in [-0.3, -0.25) is 25.0 Å². The first-order valence-electron chi connectivity index (χ1n) is 12.2. The lowest BCUT2D eigenvalue weighted by Crippen LogP contribution is -2.72. The van der Waals surface area contributed by atoms with Crippen molar-refractivity contribution < 1.29 is 24.0 Å². The van der Waals surface area contributed by atoms with Crippen LogP contribution in [0.15, 0.2) is 42.5 Å². The zero-order chi connectivity index (χ0) is 26.0. The van der Waals surface area contributed by atoms with E-state index in [1.807, 2.05) is 18.7 Å². The molecular formula is C26H30N4O6. The highest BCUT2D eigenvalue weighted by atomic mass is 16.6. The van der Waals surface area contributed by atoms with Crippen molar-refractivity contribution in [2.75, 3.05) is 23.5 Å². The molecule has 0 aliphatic carbocycles. The summed E-state index contributed by atoms with van der Waals surface area (Å²) >= 11 is 0. The number of amides is 4. The number of non-ortho nitro benzene ring substituents is 1. The van der Waals surface area contributed by atoms with Gasteiger partial charge in [0.25, 0.3) is 11.6 Å². The molecule has 1 N–H and O–H groups in total. The zero-order valence-corrected chi connectivity index (χ0v) is 20.7. The van der Waals surface area contributed by atoms with Crippen LogP contribution >= 0.6 is 0 Å². The fourth-order valence-electron chi connectivity index (χ4n) is 5.31. The fraction of sp³-hybridized carbons (Fsp3) is 0.423. The van der Waals surface area contributed by atoms with E-state index in [-0.39, 0.29) is 12.1 Å². The van der Waals surface area contributed by atoms with Crippen molar-refractivity contribution in [3.8, 4) is 5.75 Å². The van der Waals surface area contributed by atoms with Gasteiger partial charge in [0.1, 0.15) is 5.75 Å². The number of nitro groups is 1. The van der Waals surface area contributed by atoms with Crippen LogP contribution in [-0.4, -0.2) is 42.5 Å². The van der Waals surface area contributed by atoms with Crippen molar-refractivity contribution in [2.24, 2.45) is 5.41 Å². The van der Waals surface area contributed by atoms with Gasteiger partial charge in [0.15, 0.2) is 5.41 Å². The molecule has 190 valence electrons. The number of nitrogens with one attached hydrogen (secondary N) is 1. The van der Waals surface area contributed by atoms with Gasteiger partial charge in [-0.2, -0.15) is 0 Å². The number of methoxy groups -OCH3 is 1. The maximum Gasteiger partial charge on any atom is 0.335 e. The number of ether oxygens (including phenoxy) is 1. The zero-order valence-electron chi connectivity index (χ0n) is 20.7.